The molecule has 27 heavy (non-hydrogen) atoms. The van der Waals surface area contributed by atoms with Crippen LogP contribution in [0.1, 0.15) is 16.7 Å². The van der Waals surface area contributed by atoms with Gasteiger partial charge in [-0.1, -0.05) is 24.3 Å². The standard InChI is InChI=1S/C20H22F3N3O/c1-14-7-8-15(2)17(13-14)24-19(27)26-11-9-25(10-12-26)18-6-4-3-5-16(18)20(21,22)23/h3-8,13H,9-12H2,1-2H3,(H,24,27). The third kappa shape index (κ3) is 4.35. The van der Waals surface area contributed by atoms with Gasteiger partial charge in [0.1, 0.15) is 0 Å². The molecule has 4 nitrogen and oxygen atoms in total. The summed E-state index contributed by atoms with van der Waals surface area (Å²) in [6, 6.07) is 11.2. The van der Waals surface area contributed by atoms with Gasteiger partial charge in [0.05, 0.1) is 5.56 Å². The van der Waals surface area contributed by atoms with Gasteiger partial charge in [0.15, 0.2) is 0 Å². The molecule has 0 bridgehead atoms. The molecular weight excluding hydrogens is 355 g/mol. The van der Waals surface area contributed by atoms with Gasteiger partial charge < -0.3 is 15.1 Å². The number of halogens is 3. The average Bonchev–Trinajstić information content (AvgIpc) is 2.64. The van der Waals surface area contributed by atoms with Crippen molar-refractivity contribution >= 4 is 17.4 Å². The number of nitrogens with zero attached hydrogens (tertiary/aromatic N) is 2. The second kappa shape index (κ2) is 7.50. The number of carbonyl (C=O) groups excluding carboxylic acids is 1. The smallest absolute Gasteiger partial charge is 0.367 e. The molecule has 0 saturated carbocycles. The van der Waals surface area contributed by atoms with Crippen molar-refractivity contribution in [2.24, 2.45) is 0 Å². The lowest BCUT2D eigenvalue weighted by Gasteiger charge is -2.37. The van der Waals surface area contributed by atoms with Crippen molar-refractivity contribution in [1.29, 1.82) is 0 Å². The summed E-state index contributed by atoms with van der Waals surface area (Å²) < 4.78 is 39.7. The van der Waals surface area contributed by atoms with E-state index in [-0.39, 0.29) is 11.7 Å². The third-order valence-electron chi connectivity index (χ3n) is 4.75. The minimum absolute atomic E-state index is 0.166. The Balaban J connectivity index is 1.66. The Labute approximate surface area is 156 Å². The number of hydrogen-bond acceptors (Lipinski definition) is 2. The summed E-state index contributed by atoms with van der Waals surface area (Å²) in [5.74, 6) is 0. The number of alkyl halides is 3. The van der Waals surface area contributed by atoms with Gasteiger partial charge in [-0.05, 0) is 43.2 Å². The topological polar surface area (TPSA) is 35.6 Å². The minimum atomic E-state index is -4.40. The van der Waals surface area contributed by atoms with Crippen LogP contribution < -0.4 is 10.2 Å². The molecule has 0 radical (unpaired) electrons. The van der Waals surface area contributed by atoms with Gasteiger partial charge in [0.2, 0.25) is 0 Å². The van der Waals surface area contributed by atoms with Crippen LogP contribution in [-0.4, -0.2) is 37.1 Å². The van der Waals surface area contributed by atoms with Crippen LogP contribution in [0, 0.1) is 13.8 Å². The molecule has 1 heterocycles. The summed E-state index contributed by atoms with van der Waals surface area (Å²) in [6.45, 7) is 5.30. The number of anilines is 2. The molecule has 1 saturated heterocycles. The van der Waals surface area contributed by atoms with Crippen molar-refractivity contribution in [3.05, 3.63) is 59.2 Å². The first-order chi connectivity index (χ1) is 12.8. The van der Waals surface area contributed by atoms with E-state index in [4.69, 9.17) is 0 Å². The SMILES string of the molecule is Cc1ccc(C)c(NC(=O)N2CCN(c3ccccc3C(F)(F)F)CC2)c1. The number of aryl methyl sites for hydroxylation is 2. The first kappa shape index (κ1) is 19.1. The second-order valence-corrected chi connectivity index (χ2v) is 6.74. The van der Waals surface area contributed by atoms with Crippen LogP contribution in [0.4, 0.5) is 29.3 Å². The highest BCUT2D eigenvalue weighted by molar-refractivity contribution is 5.90. The number of para-hydroxylation sites is 1. The normalized spacial score (nSPS) is 15.0. The van der Waals surface area contributed by atoms with Gasteiger partial charge in [-0.25, -0.2) is 4.79 Å². The Kier molecular flexibility index (Phi) is 5.30. The van der Waals surface area contributed by atoms with Crippen molar-refractivity contribution in [2.75, 3.05) is 36.4 Å². The average molecular weight is 377 g/mol. The molecule has 0 aromatic heterocycles. The van der Waals surface area contributed by atoms with Gasteiger partial charge in [-0.2, -0.15) is 13.2 Å². The molecule has 0 atom stereocenters. The third-order valence-corrected chi connectivity index (χ3v) is 4.75. The lowest BCUT2D eigenvalue weighted by atomic mass is 10.1. The van der Waals surface area contributed by atoms with Gasteiger partial charge in [-0.15, -0.1) is 0 Å². The van der Waals surface area contributed by atoms with Crippen LogP contribution in [0.25, 0.3) is 0 Å². The maximum Gasteiger partial charge on any atom is 0.418 e. The predicted octanol–water partition coefficient (Wildman–Crippen LogP) is 4.68. The highest BCUT2D eigenvalue weighted by Crippen LogP contribution is 2.36. The van der Waals surface area contributed by atoms with Gasteiger partial charge in [-0.3, -0.25) is 0 Å². The van der Waals surface area contributed by atoms with Crippen molar-refractivity contribution in [3.63, 3.8) is 0 Å². The molecule has 2 aromatic carbocycles. The van der Waals surface area contributed by atoms with Crippen molar-refractivity contribution in [1.82, 2.24) is 4.90 Å². The molecule has 1 aliphatic rings. The summed E-state index contributed by atoms with van der Waals surface area (Å²) in [7, 11) is 0. The van der Waals surface area contributed by atoms with E-state index in [1.54, 1.807) is 15.9 Å². The van der Waals surface area contributed by atoms with E-state index in [1.165, 1.54) is 12.1 Å². The number of hydrogen-bond donors (Lipinski definition) is 1. The molecule has 2 amide bonds. The molecule has 2 aromatic rings. The minimum Gasteiger partial charge on any atom is -0.367 e. The van der Waals surface area contributed by atoms with Crippen LogP contribution in [0.15, 0.2) is 42.5 Å². The Morgan fingerprint density at radius 2 is 1.67 bits per heavy atom. The molecule has 7 heteroatoms. The molecule has 3 rings (SSSR count). The first-order valence-electron chi connectivity index (χ1n) is 8.80. The molecule has 0 aliphatic carbocycles. The quantitative estimate of drug-likeness (QED) is 0.825. The van der Waals surface area contributed by atoms with E-state index in [2.05, 4.69) is 5.32 Å². The van der Waals surface area contributed by atoms with E-state index < -0.39 is 11.7 Å². The van der Waals surface area contributed by atoms with Gasteiger partial charge in [0, 0.05) is 37.6 Å². The summed E-state index contributed by atoms with van der Waals surface area (Å²) in [5.41, 5.74) is 2.29. The fourth-order valence-electron chi connectivity index (χ4n) is 3.20. The van der Waals surface area contributed by atoms with Crippen LogP contribution >= 0.6 is 0 Å². The number of nitrogens with one attached hydrogen (secondary N) is 1. The van der Waals surface area contributed by atoms with Crippen molar-refractivity contribution in [2.45, 2.75) is 20.0 Å². The fraction of sp³-hybridized carbons (Fsp3) is 0.350. The maximum atomic E-state index is 13.2. The first-order valence-corrected chi connectivity index (χ1v) is 8.80. The van der Waals surface area contributed by atoms with Crippen molar-refractivity contribution < 1.29 is 18.0 Å². The van der Waals surface area contributed by atoms with E-state index in [0.29, 0.717) is 26.2 Å². The number of urea groups is 1. The highest BCUT2D eigenvalue weighted by atomic mass is 19.4. The second-order valence-electron chi connectivity index (χ2n) is 6.74. The molecule has 0 unspecified atom stereocenters. The molecule has 1 N–H and O–H groups in total. The predicted molar refractivity (Wildman–Crippen MR) is 100 cm³/mol. The van der Waals surface area contributed by atoms with E-state index in [9.17, 15) is 18.0 Å². The largest absolute Gasteiger partial charge is 0.418 e. The van der Waals surface area contributed by atoms with Crippen LogP contribution in [0.5, 0.6) is 0 Å². The van der Waals surface area contributed by atoms with E-state index in [0.717, 1.165) is 22.9 Å². The van der Waals surface area contributed by atoms with Crippen LogP contribution in [0.3, 0.4) is 0 Å². The zero-order valence-electron chi connectivity index (χ0n) is 15.3. The summed E-state index contributed by atoms with van der Waals surface area (Å²) in [4.78, 5) is 15.8. The summed E-state index contributed by atoms with van der Waals surface area (Å²) in [6.07, 6.45) is -4.40. The molecule has 1 aliphatic heterocycles. The monoisotopic (exact) mass is 377 g/mol. The number of rotatable bonds is 2. The Morgan fingerprint density at radius 3 is 2.33 bits per heavy atom. The van der Waals surface area contributed by atoms with Gasteiger partial charge in [0.25, 0.3) is 0 Å². The zero-order chi connectivity index (χ0) is 19.6. The van der Waals surface area contributed by atoms with Crippen molar-refractivity contribution in [3.8, 4) is 0 Å². The number of amides is 2. The summed E-state index contributed by atoms with van der Waals surface area (Å²) >= 11 is 0. The van der Waals surface area contributed by atoms with E-state index >= 15 is 0 Å². The van der Waals surface area contributed by atoms with Gasteiger partial charge >= 0.3 is 12.2 Å². The lowest BCUT2D eigenvalue weighted by molar-refractivity contribution is -0.137. The molecular formula is C20H22F3N3O. The van der Waals surface area contributed by atoms with E-state index in [1.807, 2.05) is 32.0 Å². The van der Waals surface area contributed by atoms with Crippen LogP contribution in [0.2, 0.25) is 0 Å². The fourth-order valence-corrected chi connectivity index (χ4v) is 3.20. The Hall–Kier alpha value is -2.70. The highest BCUT2D eigenvalue weighted by Gasteiger charge is 2.35. The van der Waals surface area contributed by atoms with Crippen LogP contribution in [-0.2, 0) is 6.18 Å². The zero-order valence-corrected chi connectivity index (χ0v) is 15.3. The lowest BCUT2D eigenvalue weighted by Crippen LogP contribution is -2.50. The summed E-state index contributed by atoms with van der Waals surface area (Å²) in [5, 5.41) is 2.90. The Morgan fingerprint density at radius 1 is 1.00 bits per heavy atom. The molecule has 0 spiro atoms. The number of carbonyl (C=O) groups is 1. The molecule has 144 valence electrons. The maximum absolute atomic E-state index is 13.2. The number of piperazine rings is 1. The molecule has 1 fully saturated rings. The Bertz CT molecular complexity index is 827. The number of benzene rings is 2.